The molecule has 1 aromatic carbocycles. The van der Waals surface area contributed by atoms with Crippen molar-refractivity contribution in [1.29, 1.82) is 0 Å². The monoisotopic (exact) mass is 357 g/mol. The van der Waals surface area contributed by atoms with Gasteiger partial charge < -0.3 is 10.1 Å². The Morgan fingerprint density at radius 1 is 1.14 bits per heavy atom. The summed E-state index contributed by atoms with van der Waals surface area (Å²) in [6.07, 6.45) is 3.32. The molecule has 1 N–H and O–H groups in total. The molecule has 0 amide bonds. The fraction of sp³-hybridized carbons (Fsp3) is 0.333. The lowest BCUT2D eigenvalue weighted by atomic mass is 10.2. The van der Waals surface area contributed by atoms with Gasteiger partial charge in [-0.05, 0) is 24.8 Å². The SMILES string of the molecule is COc1cc(Nc2cc(Cl)nc(CC3CC3)n2)c(Cl)cc1Cl. The molecule has 1 aliphatic carbocycles. The second kappa shape index (κ2) is 6.49. The average Bonchev–Trinajstić information content (AvgIpc) is 3.25. The fourth-order valence-corrected chi connectivity index (χ4v) is 2.83. The topological polar surface area (TPSA) is 47.0 Å². The van der Waals surface area contributed by atoms with Crippen molar-refractivity contribution in [2.45, 2.75) is 19.3 Å². The maximum atomic E-state index is 6.20. The van der Waals surface area contributed by atoms with Gasteiger partial charge in [-0.2, -0.15) is 0 Å². The number of benzene rings is 1. The summed E-state index contributed by atoms with van der Waals surface area (Å²) in [6.45, 7) is 0. The molecule has 116 valence electrons. The van der Waals surface area contributed by atoms with Crippen LogP contribution in [-0.2, 0) is 6.42 Å². The maximum Gasteiger partial charge on any atom is 0.139 e. The van der Waals surface area contributed by atoms with Gasteiger partial charge in [-0.1, -0.05) is 34.8 Å². The minimum atomic E-state index is 0.408. The molecule has 1 heterocycles. The van der Waals surface area contributed by atoms with Crippen LogP contribution in [0.5, 0.6) is 5.75 Å². The normalized spacial score (nSPS) is 14.0. The Balaban J connectivity index is 1.87. The summed E-state index contributed by atoms with van der Waals surface area (Å²) in [4.78, 5) is 8.75. The smallest absolute Gasteiger partial charge is 0.139 e. The lowest BCUT2D eigenvalue weighted by molar-refractivity contribution is 0.415. The van der Waals surface area contributed by atoms with Crippen LogP contribution >= 0.6 is 34.8 Å². The second-order valence-electron chi connectivity index (χ2n) is 5.23. The quantitative estimate of drug-likeness (QED) is 0.752. The van der Waals surface area contributed by atoms with Crippen molar-refractivity contribution in [2.24, 2.45) is 5.92 Å². The van der Waals surface area contributed by atoms with Gasteiger partial charge in [-0.25, -0.2) is 9.97 Å². The van der Waals surface area contributed by atoms with Gasteiger partial charge >= 0.3 is 0 Å². The highest BCUT2D eigenvalue weighted by Crippen LogP contribution is 2.36. The molecule has 22 heavy (non-hydrogen) atoms. The van der Waals surface area contributed by atoms with E-state index in [1.54, 1.807) is 25.3 Å². The third kappa shape index (κ3) is 3.75. The summed E-state index contributed by atoms with van der Waals surface area (Å²) in [5.74, 6) is 2.56. The molecule has 1 fully saturated rings. The van der Waals surface area contributed by atoms with Gasteiger partial charge in [0.15, 0.2) is 0 Å². The Labute approximate surface area is 143 Å². The van der Waals surface area contributed by atoms with E-state index in [2.05, 4.69) is 15.3 Å². The van der Waals surface area contributed by atoms with Crippen molar-refractivity contribution in [3.63, 3.8) is 0 Å². The van der Waals surface area contributed by atoms with Crippen LogP contribution in [0.2, 0.25) is 15.2 Å². The number of hydrogen-bond donors (Lipinski definition) is 1. The number of hydrogen-bond acceptors (Lipinski definition) is 4. The Bertz CT molecular complexity index is 705. The van der Waals surface area contributed by atoms with Crippen molar-refractivity contribution in [1.82, 2.24) is 9.97 Å². The van der Waals surface area contributed by atoms with Crippen LogP contribution in [0.25, 0.3) is 0 Å². The highest BCUT2D eigenvalue weighted by molar-refractivity contribution is 6.37. The van der Waals surface area contributed by atoms with Crippen LogP contribution in [-0.4, -0.2) is 17.1 Å². The zero-order chi connectivity index (χ0) is 15.7. The first kappa shape index (κ1) is 15.7. The van der Waals surface area contributed by atoms with E-state index in [9.17, 15) is 0 Å². The number of anilines is 2. The number of rotatable bonds is 5. The van der Waals surface area contributed by atoms with E-state index in [1.165, 1.54) is 12.8 Å². The molecule has 0 aliphatic heterocycles. The molecule has 0 saturated heterocycles. The second-order valence-corrected chi connectivity index (χ2v) is 6.43. The van der Waals surface area contributed by atoms with Gasteiger partial charge in [-0.15, -0.1) is 0 Å². The first-order valence-electron chi connectivity index (χ1n) is 6.88. The fourth-order valence-electron chi connectivity index (χ4n) is 2.12. The predicted molar refractivity (Wildman–Crippen MR) is 89.8 cm³/mol. The molecule has 1 aromatic heterocycles. The number of methoxy groups -OCH3 is 1. The largest absolute Gasteiger partial charge is 0.495 e. The van der Waals surface area contributed by atoms with Crippen LogP contribution < -0.4 is 10.1 Å². The van der Waals surface area contributed by atoms with Crippen LogP contribution in [0.15, 0.2) is 18.2 Å². The Morgan fingerprint density at radius 2 is 1.91 bits per heavy atom. The Morgan fingerprint density at radius 3 is 2.59 bits per heavy atom. The molecule has 0 unspecified atom stereocenters. The van der Waals surface area contributed by atoms with E-state index in [0.29, 0.717) is 38.4 Å². The molecule has 0 atom stereocenters. The predicted octanol–water partition coefficient (Wildman–Crippen LogP) is 5.14. The molecule has 3 rings (SSSR count). The van der Waals surface area contributed by atoms with Crippen molar-refractivity contribution in [2.75, 3.05) is 12.4 Å². The third-order valence-electron chi connectivity index (χ3n) is 3.41. The molecule has 1 saturated carbocycles. The lowest BCUT2D eigenvalue weighted by Crippen LogP contribution is -2.02. The average molecular weight is 359 g/mol. The van der Waals surface area contributed by atoms with Gasteiger partial charge in [0.2, 0.25) is 0 Å². The van der Waals surface area contributed by atoms with Gasteiger partial charge in [0.1, 0.15) is 22.5 Å². The van der Waals surface area contributed by atoms with Gasteiger partial charge in [-0.3, -0.25) is 0 Å². The van der Waals surface area contributed by atoms with Gasteiger partial charge in [0.05, 0.1) is 22.8 Å². The lowest BCUT2D eigenvalue weighted by Gasteiger charge is -2.12. The number of aromatic nitrogens is 2. The Hall–Kier alpha value is -1.23. The van der Waals surface area contributed by atoms with Crippen molar-refractivity contribution >= 4 is 46.3 Å². The molecule has 7 heteroatoms. The summed E-state index contributed by atoms with van der Waals surface area (Å²) < 4.78 is 5.20. The zero-order valence-electron chi connectivity index (χ0n) is 11.9. The van der Waals surface area contributed by atoms with Crippen LogP contribution in [0.1, 0.15) is 18.7 Å². The summed E-state index contributed by atoms with van der Waals surface area (Å²) in [6, 6.07) is 5.01. The van der Waals surface area contributed by atoms with E-state index < -0.39 is 0 Å². The van der Waals surface area contributed by atoms with Gasteiger partial charge in [0, 0.05) is 18.6 Å². The summed E-state index contributed by atoms with van der Waals surface area (Å²) in [5, 5.41) is 4.48. The summed E-state index contributed by atoms with van der Waals surface area (Å²) >= 11 is 18.3. The molecular formula is C15H14Cl3N3O. The molecule has 0 bridgehead atoms. The highest BCUT2D eigenvalue weighted by atomic mass is 35.5. The summed E-state index contributed by atoms with van der Waals surface area (Å²) in [5.41, 5.74) is 0.648. The Kier molecular flexibility index (Phi) is 4.62. The van der Waals surface area contributed by atoms with Crippen LogP contribution in [0, 0.1) is 5.92 Å². The number of halogens is 3. The molecule has 2 aromatic rings. The van der Waals surface area contributed by atoms with E-state index >= 15 is 0 Å². The van der Waals surface area contributed by atoms with E-state index in [4.69, 9.17) is 39.5 Å². The van der Waals surface area contributed by atoms with Crippen LogP contribution in [0.3, 0.4) is 0 Å². The molecule has 0 radical (unpaired) electrons. The molecule has 0 spiro atoms. The third-order valence-corrected chi connectivity index (χ3v) is 4.22. The van der Waals surface area contributed by atoms with E-state index in [1.807, 2.05) is 0 Å². The minimum absolute atomic E-state index is 0.408. The van der Waals surface area contributed by atoms with Gasteiger partial charge in [0.25, 0.3) is 0 Å². The van der Waals surface area contributed by atoms with Crippen LogP contribution in [0.4, 0.5) is 11.5 Å². The number of ether oxygens (including phenoxy) is 1. The van der Waals surface area contributed by atoms with Crippen molar-refractivity contribution in [3.8, 4) is 5.75 Å². The maximum absolute atomic E-state index is 6.20. The molecule has 1 aliphatic rings. The van der Waals surface area contributed by atoms with E-state index in [0.717, 1.165) is 12.2 Å². The number of nitrogens with one attached hydrogen (secondary N) is 1. The summed E-state index contributed by atoms with van der Waals surface area (Å²) in [7, 11) is 1.55. The number of nitrogens with zero attached hydrogens (tertiary/aromatic N) is 2. The highest BCUT2D eigenvalue weighted by Gasteiger charge is 2.23. The van der Waals surface area contributed by atoms with E-state index in [-0.39, 0.29) is 0 Å². The zero-order valence-corrected chi connectivity index (χ0v) is 14.1. The molecule has 4 nitrogen and oxygen atoms in total. The molecular weight excluding hydrogens is 345 g/mol. The first-order chi connectivity index (χ1) is 10.5. The first-order valence-corrected chi connectivity index (χ1v) is 8.02. The standard InChI is InChI=1S/C15H14Cl3N3O/c1-22-12-6-11(9(16)5-10(12)17)19-15-7-13(18)20-14(21-15)4-8-2-3-8/h5-8H,2-4H2,1H3,(H,19,20,21). The minimum Gasteiger partial charge on any atom is -0.495 e. The van der Waals surface area contributed by atoms with Crippen molar-refractivity contribution < 1.29 is 4.74 Å². The van der Waals surface area contributed by atoms with Crippen molar-refractivity contribution in [3.05, 3.63) is 39.2 Å².